The Hall–Kier alpha value is -4.10. The summed E-state index contributed by atoms with van der Waals surface area (Å²) in [6.07, 6.45) is 1.72. The molecule has 0 fully saturated rings. The quantitative estimate of drug-likeness (QED) is 0.246. The summed E-state index contributed by atoms with van der Waals surface area (Å²) in [7, 11) is 3.23. The number of rotatable bonds is 6. The van der Waals surface area contributed by atoms with Crippen molar-refractivity contribution in [3.05, 3.63) is 95.2 Å². The first kappa shape index (κ1) is 22.7. The molecule has 6 nitrogen and oxygen atoms in total. The largest absolute Gasteiger partial charge is 0.497 e. The number of cyclic esters (lactones) is 1. The van der Waals surface area contributed by atoms with E-state index in [1.807, 2.05) is 24.3 Å². The highest BCUT2D eigenvalue weighted by atomic mass is 32.2. The lowest BCUT2D eigenvalue weighted by molar-refractivity contribution is -0.129. The fourth-order valence-electron chi connectivity index (χ4n) is 3.60. The van der Waals surface area contributed by atoms with E-state index in [4.69, 9.17) is 19.2 Å². The van der Waals surface area contributed by atoms with Gasteiger partial charge in [0.05, 0.1) is 19.7 Å². The van der Waals surface area contributed by atoms with Gasteiger partial charge >= 0.3 is 5.97 Å². The maximum Gasteiger partial charge on any atom is 0.363 e. The van der Waals surface area contributed by atoms with Crippen LogP contribution in [0.25, 0.3) is 17.0 Å². The summed E-state index contributed by atoms with van der Waals surface area (Å²) in [5, 5.41) is 1.66. The fraction of sp³-hybridized carbons (Fsp3) is 0.107. The SMILES string of the molecule is COc1ccc(C2=N/C(=C/c3cc4cc(OC)ccc4nc3Sc3ccc(C)cc3)C(=O)O2)cc1. The molecule has 0 bridgehead atoms. The Balaban J connectivity index is 1.57. The van der Waals surface area contributed by atoms with Crippen molar-refractivity contribution in [3.8, 4) is 11.5 Å². The molecule has 4 aromatic rings. The fourth-order valence-corrected chi connectivity index (χ4v) is 4.47. The zero-order valence-electron chi connectivity index (χ0n) is 19.4. The molecular weight excluding hydrogens is 460 g/mol. The van der Waals surface area contributed by atoms with Gasteiger partial charge in [-0.25, -0.2) is 14.8 Å². The van der Waals surface area contributed by atoms with E-state index in [2.05, 4.69) is 36.2 Å². The first-order chi connectivity index (χ1) is 17.0. The van der Waals surface area contributed by atoms with E-state index in [-0.39, 0.29) is 11.6 Å². The van der Waals surface area contributed by atoms with Gasteiger partial charge in [-0.15, -0.1) is 0 Å². The second kappa shape index (κ2) is 9.64. The molecule has 0 radical (unpaired) electrons. The molecule has 1 aromatic heterocycles. The predicted octanol–water partition coefficient (Wildman–Crippen LogP) is 6.06. The summed E-state index contributed by atoms with van der Waals surface area (Å²) in [5.74, 6) is 1.20. The number of hydrogen-bond donors (Lipinski definition) is 0. The van der Waals surface area contributed by atoms with E-state index in [1.54, 1.807) is 44.6 Å². The topological polar surface area (TPSA) is 70.0 Å². The van der Waals surface area contributed by atoms with Gasteiger partial charge in [-0.05, 0) is 73.7 Å². The molecule has 3 aromatic carbocycles. The van der Waals surface area contributed by atoms with Crippen molar-refractivity contribution < 1.29 is 19.0 Å². The average Bonchev–Trinajstić information content (AvgIpc) is 3.25. The molecule has 35 heavy (non-hydrogen) atoms. The molecule has 0 aliphatic carbocycles. The van der Waals surface area contributed by atoms with E-state index in [1.165, 1.54) is 17.3 Å². The van der Waals surface area contributed by atoms with Crippen LogP contribution >= 0.6 is 11.8 Å². The van der Waals surface area contributed by atoms with Crippen LogP contribution in [0.15, 0.2) is 93.4 Å². The minimum absolute atomic E-state index is 0.214. The molecule has 1 aliphatic rings. The van der Waals surface area contributed by atoms with Gasteiger partial charge in [0.25, 0.3) is 0 Å². The number of fused-ring (bicyclic) bond motifs is 1. The number of ether oxygens (including phenoxy) is 3. The molecule has 0 N–H and O–H groups in total. The summed E-state index contributed by atoms with van der Waals surface area (Å²) in [5.41, 5.74) is 3.69. The Morgan fingerprint density at radius 3 is 2.31 bits per heavy atom. The lowest BCUT2D eigenvalue weighted by atomic mass is 10.1. The molecule has 174 valence electrons. The third-order valence-corrected chi connectivity index (χ3v) is 6.53. The second-order valence-corrected chi connectivity index (χ2v) is 8.98. The lowest BCUT2D eigenvalue weighted by Crippen LogP contribution is -2.05. The normalized spacial score (nSPS) is 14.2. The number of pyridine rings is 1. The summed E-state index contributed by atoms with van der Waals surface area (Å²) in [6.45, 7) is 2.05. The van der Waals surface area contributed by atoms with Gasteiger partial charge in [0, 0.05) is 21.4 Å². The lowest BCUT2D eigenvalue weighted by Gasteiger charge is -2.09. The summed E-state index contributed by atoms with van der Waals surface area (Å²) in [4.78, 5) is 23.1. The third kappa shape index (κ3) is 4.90. The van der Waals surface area contributed by atoms with Crippen LogP contribution in [0.1, 0.15) is 16.7 Å². The number of methoxy groups -OCH3 is 2. The van der Waals surface area contributed by atoms with Gasteiger partial charge < -0.3 is 14.2 Å². The highest BCUT2D eigenvalue weighted by molar-refractivity contribution is 7.99. The standard InChI is InChI=1S/C28H22N2O4S/c1-17-4-11-23(12-5-17)35-27-20(14-19-15-22(33-3)10-13-24(19)30-27)16-25-28(31)34-26(29-25)18-6-8-21(32-2)9-7-18/h4-16H,1-3H3/b25-16+. The Morgan fingerprint density at radius 1 is 0.886 bits per heavy atom. The number of nitrogens with zero attached hydrogens (tertiary/aromatic N) is 2. The van der Waals surface area contributed by atoms with Crippen molar-refractivity contribution in [2.75, 3.05) is 14.2 Å². The zero-order valence-corrected chi connectivity index (χ0v) is 20.3. The Bertz CT molecular complexity index is 1480. The number of carbonyl (C=O) groups excluding carboxylic acids is 1. The van der Waals surface area contributed by atoms with E-state index >= 15 is 0 Å². The van der Waals surface area contributed by atoms with E-state index in [9.17, 15) is 4.79 Å². The molecule has 0 atom stereocenters. The average molecular weight is 483 g/mol. The summed E-state index contributed by atoms with van der Waals surface area (Å²) >= 11 is 1.53. The van der Waals surface area contributed by atoms with Crippen molar-refractivity contribution in [1.29, 1.82) is 0 Å². The van der Waals surface area contributed by atoms with Crippen LogP contribution in [0, 0.1) is 6.92 Å². The van der Waals surface area contributed by atoms with E-state index in [0.29, 0.717) is 11.3 Å². The van der Waals surface area contributed by atoms with Crippen molar-refractivity contribution in [3.63, 3.8) is 0 Å². The molecule has 7 heteroatoms. The van der Waals surface area contributed by atoms with Gasteiger partial charge in [0.2, 0.25) is 5.90 Å². The minimum Gasteiger partial charge on any atom is -0.497 e. The van der Waals surface area contributed by atoms with Crippen LogP contribution in [0.2, 0.25) is 0 Å². The molecule has 0 spiro atoms. The van der Waals surface area contributed by atoms with E-state index < -0.39 is 5.97 Å². The van der Waals surface area contributed by atoms with Crippen molar-refractivity contribution in [1.82, 2.24) is 4.98 Å². The predicted molar refractivity (Wildman–Crippen MR) is 137 cm³/mol. The summed E-state index contributed by atoms with van der Waals surface area (Å²) in [6, 6.07) is 23.1. The molecule has 0 unspecified atom stereocenters. The van der Waals surface area contributed by atoms with Crippen molar-refractivity contribution in [2.45, 2.75) is 16.8 Å². The monoisotopic (exact) mass is 482 g/mol. The van der Waals surface area contributed by atoms with Crippen LogP contribution in [0.3, 0.4) is 0 Å². The van der Waals surface area contributed by atoms with Gasteiger partial charge in [-0.1, -0.05) is 29.5 Å². The van der Waals surface area contributed by atoms with Crippen LogP contribution in [-0.4, -0.2) is 31.1 Å². The van der Waals surface area contributed by atoms with Crippen LogP contribution in [0.5, 0.6) is 11.5 Å². The van der Waals surface area contributed by atoms with Crippen molar-refractivity contribution in [2.24, 2.45) is 4.99 Å². The Morgan fingerprint density at radius 2 is 1.60 bits per heavy atom. The number of benzene rings is 3. The molecule has 0 saturated heterocycles. The van der Waals surface area contributed by atoms with Gasteiger partial charge in [0.1, 0.15) is 16.5 Å². The first-order valence-electron chi connectivity index (χ1n) is 10.9. The number of aryl methyl sites for hydroxylation is 1. The van der Waals surface area contributed by atoms with Gasteiger partial charge in [-0.3, -0.25) is 0 Å². The highest BCUT2D eigenvalue weighted by Crippen LogP contribution is 2.34. The van der Waals surface area contributed by atoms with E-state index in [0.717, 1.165) is 32.1 Å². The van der Waals surface area contributed by atoms with Crippen LogP contribution in [0.4, 0.5) is 0 Å². The van der Waals surface area contributed by atoms with Crippen molar-refractivity contribution >= 4 is 40.6 Å². The maximum absolute atomic E-state index is 12.7. The minimum atomic E-state index is -0.507. The van der Waals surface area contributed by atoms with Crippen LogP contribution in [-0.2, 0) is 9.53 Å². The second-order valence-electron chi connectivity index (χ2n) is 7.92. The first-order valence-corrected chi connectivity index (χ1v) is 11.7. The molecular formula is C28H22N2O4S. The van der Waals surface area contributed by atoms with Gasteiger partial charge in [-0.2, -0.15) is 0 Å². The molecule has 0 amide bonds. The highest BCUT2D eigenvalue weighted by Gasteiger charge is 2.25. The number of hydrogen-bond acceptors (Lipinski definition) is 7. The Kier molecular flexibility index (Phi) is 6.25. The number of aliphatic imine (C=N–C) groups is 1. The van der Waals surface area contributed by atoms with Gasteiger partial charge in [0.15, 0.2) is 5.70 Å². The zero-order chi connectivity index (χ0) is 24.4. The number of carbonyl (C=O) groups is 1. The molecule has 5 rings (SSSR count). The molecule has 1 aliphatic heterocycles. The van der Waals surface area contributed by atoms with Crippen LogP contribution < -0.4 is 9.47 Å². The smallest absolute Gasteiger partial charge is 0.363 e. The third-order valence-electron chi connectivity index (χ3n) is 5.50. The number of esters is 1. The maximum atomic E-state index is 12.7. The Labute approximate surface area is 207 Å². The number of aromatic nitrogens is 1. The summed E-state index contributed by atoms with van der Waals surface area (Å²) < 4.78 is 16.0. The molecule has 0 saturated carbocycles. The molecule has 2 heterocycles.